The number of aldehydes is 1. The van der Waals surface area contributed by atoms with Gasteiger partial charge in [0.05, 0.1) is 0 Å². The van der Waals surface area contributed by atoms with E-state index < -0.39 is 0 Å². The Morgan fingerprint density at radius 2 is 1.54 bits per heavy atom. The number of hydrogen-bond donors (Lipinski definition) is 1. The van der Waals surface area contributed by atoms with Crippen LogP contribution in [0.4, 0.5) is 5.69 Å². The van der Waals surface area contributed by atoms with Crippen molar-refractivity contribution in [2.45, 2.75) is 20.8 Å². The normalized spacial score (nSPS) is 6.77. The third-order valence-electron chi connectivity index (χ3n) is 1.06. The smallest absolute Gasteiger partial charge is 0.116 e. The zero-order valence-electron chi connectivity index (χ0n) is 8.87. The molecule has 0 saturated carbocycles. The molecule has 2 nitrogen and oxygen atoms in total. The van der Waals surface area contributed by atoms with Gasteiger partial charge in [0.15, 0.2) is 0 Å². The zero-order chi connectivity index (χ0) is 10.5. The first-order chi connectivity index (χ1) is 6.35. The Morgan fingerprint density at radius 1 is 1.15 bits per heavy atom. The molecule has 0 unspecified atom stereocenters. The molecule has 2 heteroatoms. The lowest BCUT2D eigenvalue weighted by Crippen LogP contribution is -1.84. The highest BCUT2D eigenvalue weighted by Crippen LogP contribution is 2.01. The fraction of sp³-hybridized carbons (Fsp3) is 0.364. The van der Waals surface area contributed by atoms with E-state index in [2.05, 4.69) is 5.32 Å². The standard InChI is InChI=1S/C7H9N.C2H4O.C2H6/c1-8-7-5-3-2-4-6-7;1-2-3;1-2/h2-6,8H,1H3;2H,1H3;1-2H3. The number of carbonyl (C=O) groups excluding carboxylic acids is 1. The van der Waals surface area contributed by atoms with Crippen LogP contribution < -0.4 is 5.32 Å². The third kappa shape index (κ3) is 10.7. The van der Waals surface area contributed by atoms with Crippen molar-refractivity contribution in [1.82, 2.24) is 0 Å². The van der Waals surface area contributed by atoms with Crippen molar-refractivity contribution in [2.75, 3.05) is 12.4 Å². The number of nitrogens with one attached hydrogen (secondary N) is 1. The number of carbonyl (C=O) groups is 1. The van der Waals surface area contributed by atoms with E-state index in [4.69, 9.17) is 4.79 Å². The highest BCUT2D eigenvalue weighted by Gasteiger charge is 1.77. The molecule has 1 N–H and O–H groups in total. The Balaban J connectivity index is 0. The molecule has 0 spiro atoms. The maximum absolute atomic E-state index is 8.81. The van der Waals surface area contributed by atoms with Gasteiger partial charge < -0.3 is 10.1 Å². The van der Waals surface area contributed by atoms with E-state index in [9.17, 15) is 0 Å². The van der Waals surface area contributed by atoms with E-state index in [0.29, 0.717) is 0 Å². The fourth-order valence-corrected chi connectivity index (χ4v) is 0.605. The van der Waals surface area contributed by atoms with E-state index in [0.717, 1.165) is 12.0 Å². The monoisotopic (exact) mass is 181 g/mol. The quantitative estimate of drug-likeness (QED) is 0.675. The van der Waals surface area contributed by atoms with Gasteiger partial charge in [0.25, 0.3) is 0 Å². The van der Waals surface area contributed by atoms with Crippen molar-refractivity contribution in [2.24, 2.45) is 0 Å². The molecule has 0 radical (unpaired) electrons. The van der Waals surface area contributed by atoms with Crippen LogP contribution in [0.15, 0.2) is 30.3 Å². The van der Waals surface area contributed by atoms with Crippen LogP contribution in [0.1, 0.15) is 20.8 Å². The summed E-state index contributed by atoms with van der Waals surface area (Å²) in [6.07, 6.45) is 0.750. The largest absolute Gasteiger partial charge is 0.388 e. The van der Waals surface area contributed by atoms with Gasteiger partial charge in [-0.2, -0.15) is 0 Å². The predicted octanol–water partition coefficient (Wildman–Crippen LogP) is 2.96. The number of benzene rings is 1. The first-order valence-electron chi connectivity index (χ1n) is 4.47. The van der Waals surface area contributed by atoms with E-state index in [1.54, 1.807) is 0 Å². The lowest BCUT2D eigenvalue weighted by molar-refractivity contribution is -0.106. The topological polar surface area (TPSA) is 29.1 Å². The van der Waals surface area contributed by atoms with Gasteiger partial charge in [0.1, 0.15) is 6.29 Å². The van der Waals surface area contributed by atoms with Gasteiger partial charge in [-0.1, -0.05) is 32.0 Å². The second-order valence-corrected chi connectivity index (χ2v) is 1.85. The van der Waals surface area contributed by atoms with Crippen LogP contribution >= 0.6 is 0 Å². The summed E-state index contributed by atoms with van der Waals surface area (Å²) in [4.78, 5) is 8.81. The van der Waals surface area contributed by atoms with Crippen LogP contribution in [0.25, 0.3) is 0 Å². The summed E-state index contributed by atoms with van der Waals surface area (Å²) in [6.45, 7) is 5.44. The molecule has 0 saturated heterocycles. The summed E-state index contributed by atoms with van der Waals surface area (Å²) >= 11 is 0. The number of para-hydroxylation sites is 1. The van der Waals surface area contributed by atoms with Crippen molar-refractivity contribution in [3.05, 3.63) is 30.3 Å². The molecular formula is C11H19NO. The van der Waals surface area contributed by atoms with Crippen LogP contribution in [0.5, 0.6) is 0 Å². The average Bonchev–Trinajstić information content (AvgIpc) is 2.23. The van der Waals surface area contributed by atoms with Crippen molar-refractivity contribution in [3.8, 4) is 0 Å². The molecule has 0 aliphatic rings. The Labute approximate surface area is 81.0 Å². The summed E-state index contributed by atoms with van der Waals surface area (Å²) in [6, 6.07) is 10.1. The molecule has 0 aliphatic heterocycles. The highest BCUT2D eigenvalue weighted by atomic mass is 16.1. The average molecular weight is 181 g/mol. The maximum Gasteiger partial charge on any atom is 0.116 e. The molecule has 1 aromatic rings. The minimum absolute atomic E-state index is 0.750. The second-order valence-electron chi connectivity index (χ2n) is 1.85. The molecular weight excluding hydrogens is 162 g/mol. The van der Waals surface area contributed by atoms with E-state index in [-0.39, 0.29) is 0 Å². The minimum Gasteiger partial charge on any atom is -0.388 e. The summed E-state index contributed by atoms with van der Waals surface area (Å²) in [5.41, 5.74) is 1.16. The van der Waals surface area contributed by atoms with E-state index >= 15 is 0 Å². The summed E-state index contributed by atoms with van der Waals surface area (Å²) in [5, 5.41) is 3.03. The van der Waals surface area contributed by atoms with Crippen molar-refractivity contribution in [3.63, 3.8) is 0 Å². The molecule has 0 aliphatic carbocycles. The first-order valence-corrected chi connectivity index (χ1v) is 4.47. The second kappa shape index (κ2) is 13.3. The Bertz CT molecular complexity index is 185. The van der Waals surface area contributed by atoms with Gasteiger partial charge in [0.2, 0.25) is 0 Å². The number of anilines is 1. The van der Waals surface area contributed by atoms with Gasteiger partial charge in [0, 0.05) is 12.7 Å². The summed E-state index contributed by atoms with van der Waals surface area (Å²) in [7, 11) is 1.91. The van der Waals surface area contributed by atoms with E-state index in [1.165, 1.54) is 6.92 Å². The molecule has 0 atom stereocenters. The van der Waals surface area contributed by atoms with Crippen LogP contribution in [0, 0.1) is 0 Å². The molecule has 0 aromatic heterocycles. The molecule has 1 aromatic carbocycles. The zero-order valence-corrected chi connectivity index (χ0v) is 8.87. The summed E-state index contributed by atoms with van der Waals surface area (Å²) < 4.78 is 0. The fourth-order valence-electron chi connectivity index (χ4n) is 0.605. The molecule has 0 heterocycles. The van der Waals surface area contributed by atoms with Gasteiger partial charge in [-0.05, 0) is 19.1 Å². The van der Waals surface area contributed by atoms with Crippen molar-refractivity contribution >= 4 is 12.0 Å². The van der Waals surface area contributed by atoms with Crippen LogP contribution in [0.3, 0.4) is 0 Å². The van der Waals surface area contributed by atoms with Crippen LogP contribution in [-0.2, 0) is 4.79 Å². The van der Waals surface area contributed by atoms with Crippen LogP contribution in [0.2, 0.25) is 0 Å². The number of hydrogen-bond acceptors (Lipinski definition) is 2. The molecule has 74 valence electrons. The third-order valence-corrected chi connectivity index (χ3v) is 1.06. The summed E-state index contributed by atoms with van der Waals surface area (Å²) in [5.74, 6) is 0. The van der Waals surface area contributed by atoms with Crippen LogP contribution in [-0.4, -0.2) is 13.3 Å². The molecule has 1 rings (SSSR count). The Hall–Kier alpha value is -1.31. The Morgan fingerprint density at radius 3 is 1.77 bits per heavy atom. The van der Waals surface area contributed by atoms with Gasteiger partial charge in [-0.15, -0.1) is 0 Å². The SMILES string of the molecule is CC.CC=O.CNc1ccccc1. The van der Waals surface area contributed by atoms with Gasteiger partial charge in [-0.25, -0.2) is 0 Å². The maximum atomic E-state index is 8.81. The molecule has 0 amide bonds. The molecule has 0 bridgehead atoms. The van der Waals surface area contributed by atoms with Gasteiger partial charge in [-0.3, -0.25) is 0 Å². The van der Waals surface area contributed by atoms with Crippen molar-refractivity contribution in [1.29, 1.82) is 0 Å². The van der Waals surface area contributed by atoms with Crippen molar-refractivity contribution < 1.29 is 4.79 Å². The lowest BCUT2D eigenvalue weighted by Gasteiger charge is -1.94. The Kier molecular flexibility index (Phi) is 14.5. The molecule has 13 heavy (non-hydrogen) atoms. The lowest BCUT2D eigenvalue weighted by atomic mass is 10.3. The first kappa shape index (κ1) is 14.2. The highest BCUT2D eigenvalue weighted by molar-refractivity contribution is 5.44. The number of rotatable bonds is 1. The molecule has 0 fully saturated rings. The predicted molar refractivity (Wildman–Crippen MR) is 59.1 cm³/mol. The van der Waals surface area contributed by atoms with E-state index in [1.807, 2.05) is 51.2 Å². The van der Waals surface area contributed by atoms with Gasteiger partial charge >= 0.3 is 0 Å². The minimum atomic E-state index is 0.750.